The van der Waals surface area contributed by atoms with Gasteiger partial charge in [-0.1, -0.05) is 12.3 Å². The Kier molecular flexibility index (Phi) is 4.27. The van der Waals surface area contributed by atoms with Crippen molar-refractivity contribution in [1.82, 2.24) is 4.90 Å². The van der Waals surface area contributed by atoms with Crippen LogP contribution in [0.15, 0.2) is 0 Å². The summed E-state index contributed by atoms with van der Waals surface area (Å²) < 4.78 is 0. The summed E-state index contributed by atoms with van der Waals surface area (Å²) in [5, 5.41) is 0. The first-order chi connectivity index (χ1) is 6.29. The van der Waals surface area contributed by atoms with Crippen LogP contribution in [0.5, 0.6) is 0 Å². The molecule has 2 heteroatoms. The molecule has 2 unspecified atom stereocenters. The van der Waals surface area contributed by atoms with Gasteiger partial charge in [-0.05, 0) is 39.3 Å². The molecule has 2 atom stereocenters. The predicted octanol–water partition coefficient (Wildman–Crippen LogP) is 1.21. The number of nitrogens with zero attached hydrogens (tertiary/aromatic N) is 1. The highest BCUT2D eigenvalue weighted by Crippen LogP contribution is 2.21. The van der Waals surface area contributed by atoms with Gasteiger partial charge in [0.2, 0.25) is 0 Å². The van der Waals surface area contributed by atoms with Gasteiger partial charge in [0.1, 0.15) is 0 Å². The van der Waals surface area contributed by atoms with Crippen molar-refractivity contribution >= 4 is 0 Å². The van der Waals surface area contributed by atoms with E-state index < -0.39 is 0 Å². The molecule has 2 nitrogen and oxygen atoms in total. The summed E-state index contributed by atoms with van der Waals surface area (Å²) in [7, 11) is 0. The average Bonchev–Trinajstić information content (AvgIpc) is 2.18. The van der Waals surface area contributed by atoms with Crippen molar-refractivity contribution in [3.63, 3.8) is 0 Å². The number of piperidine rings is 1. The molecule has 0 aromatic carbocycles. The van der Waals surface area contributed by atoms with Crippen molar-refractivity contribution in [2.75, 3.05) is 13.1 Å². The first kappa shape index (κ1) is 10.6. The minimum Gasteiger partial charge on any atom is -0.330 e. The molecule has 1 aliphatic heterocycles. The second-order valence-electron chi connectivity index (χ2n) is 3.81. The van der Waals surface area contributed by atoms with Crippen LogP contribution in [0.1, 0.15) is 32.6 Å². The Morgan fingerprint density at radius 1 is 1.62 bits per heavy atom. The van der Waals surface area contributed by atoms with Crippen molar-refractivity contribution in [2.24, 2.45) is 5.73 Å². The van der Waals surface area contributed by atoms with E-state index in [4.69, 9.17) is 12.2 Å². The summed E-state index contributed by atoms with van der Waals surface area (Å²) in [5.74, 6) is 2.81. The second kappa shape index (κ2) is 5.26. The molecular formula is C11H20N2. The summed E-state index contributed by atoms with van der Waals surface area (Å²) >= 11 is 0. The van der Waals surface area contributed by atoms with Gasteiger partial charge in [-0.25, -0.2) is 0 Å². The fourth-order valence-electron chi connectivity index (χ4n) is 2.13. The first-order valence-electron chi connectivity index (χ1n) is 5.21. The molecule has 1 heterocycles. The van der Waals surface area contributed by atoms with Gasteiger partial charge in [0.15, 0.2) is 0 Å². The van der Waals surface area contributed by atoms with Crippen LogP contribution in [0.2, 0.25) is 0 Å². The smallest absolute Gasteiger partial charge is 0.0685 e. The monoisotopic (exact) mass is 180 g/mol. The van der Waals surface area contributed by atoms with Crippen LogP contribution in [0.4, 0.5) is 0 Å². The van der Waals surface area contributed by atoms with Gasteiger partial charge in [-0.3, -0.25) is 4.90 Å². The van der Waals surface area contributed by atoms with Crippen molar-refractivity contribution < 1.29 is 0 Å². The highest BCUT2D eigenvalue weighted by molar-refractivity contribution is 4.99. The van der Waals surface area contributed by atoms with Crippen LogP contribution < -0.4 is 5.73 Å². The van der Waals surface area contributed by atoms with E-state index in [0.29, 0.717) is 6.04 Å². The molecule has 0 aliphatic carbocycles. The number of likely N-dealkylation sites (tertiary alicyclic amines) is 1. The number of terminal acetylenes is 1. The molecular weight excluding hydrogens is 160 g/mol. The van der Waals surface area contributed by atoms with Gasteiger partial charge in [-0.15, -0.1) is 6.42 Å². The molecule has 0 aromatic heterocycles. The Labute approximate surface area is 81.5 Å². The summed E-state index contributed by atoms with van der Waals surface area (Å²) in [5.41, 5.74) is 5.58. The van der Waals surface area contributed by atoms with Gasteiger partial charge in [0.25, 0.3) is 0 Å². The van der Waals surface area contributed by atoms with E-state index in [1.807, 2.05) is 0 Å². The van der Waals surface area contributed by atoms with Crippen molar-refractivity contribution in [3.8, 4) is 12.3 Å². The lowest BCUT2D eigenvalue weighted by Gasteiger charge is -2.37. The second-order valence-corrected chi connectivity index (χ2v) is 3.81. The van der Waals surface area contributed by atoms with Gasteiger partial charge in [0.05, 0.1) is 6.04 Å². The molecule has 0 spiro atoms. The van der Waals surface area contributed by atoms with Crippen LogP contribution in [-0.2, 0) is 0 Å². The summed E-state index contributed by atoms with van der Waals surface area (Å²) in [4.78, 5) is 2.43. The maximum absolute atomic E-state index is 5.58. The van der Waals surface area contributed by atoms with Crippen LogP contribution in [0.3, 0.4) is 0 Å². The fraction of sp³-hybridized carbons (Fsp3) is 0.818. The largest absolute Gasteiger partial charge is 0.330 e. The zero-order valence-electron chi connectivity index (χ0n) is 8.50. The Bertz CT molecular complexity index is 181. The number of nitrogens with two attached hydrogens (primary N) is 1. The Balaban J connectivity index is 2.51. The number of hydrogen-bond acceptors (Lipinski definition) is 2. The lowest BCUT2D eigenvalue weighted by Crippen LogP contribution is -2.45. The van der Waals surface area contributed by atoms with E-state index in [1.165, 1.54) is 19.3 Å². The third-order valence-electron chi connectivity index (χ3n) is 2.91. The summed E-state index contributed by atoms with van der Waals surface area (Å²) in [6.07, 6.45) is 10.4. The zero-order valence-corrected chi connectivity index (χ0v) is 8.50. The molecule has 0 amide bonds. The molecule has 0 saturated carbocycles. The highest BCUT2D eigenvalue weighted by atomic mass is 15.2. The molecule has 13 heavy (non-hydrogen) atoms. The van der Waals surface area contributed by atoms with Crippen LogP contribution in [0, 0.1) is 12.3 Å². The highest BCUT2D eigenvalue weighted by Gasteiger charge is 2.24. The SMILES string of the molecule is C#CC(C)N1CCCCC1CCN. The third-order valence-corrected chi connectivity index (χ3v) is 2.91. The van der Waals surface area contributed by atoms with Gasteiger partial charge >= 0.3 is 0 Å². The van der Waals surface area contributed by atoms with E-state index in [2.05, 4.69) is 17.7 Å². The normalized spacial score (nSPS) is 26.7. The molecule has 0 bridgehead atoms. The van der Waals surface area contributed by atoms with Gasteiger partial charge < -0.3 is 5.73 Å². The number of rotatable bonds is 3. The molecule has 1 saturated heterocycles. The Morgan fingerprint density at radius 2 is 2.38 bits per heavy atom. The van der Waals surface area contributed by atoms with Crippen molar-refractivity contribution in [1.29, 1.82) is 0 Å². The summed E-state index contributed by atoms with van der Waals surface area (Å²) in [6, 6.07) is 0.904. The lowest BCUT2D eigenvalue weighted by molar-refractivity contribution is 0.123. The molecule has 0 aromatic rings. The van der Waals surface area contributed by atoms with E-state index in [-0.39, 0.29) is 6.04 Å². The average molecular weight is 180 g/mol. The maximum Gasteiger partial charge on any atom is 0.0685 e. The molecule has 1 aliphatic rings. The van der Waals surface area contributed by atoms with Gasteiger partial charge in [0, 0.05) is 6.04 Å². The Hall–Kier alpha value is -0.520. The third kappa shape index (κ3) is 2.72. The van der Waals surface area contributed by atoms with Gasteiger partial charge in [-0.2, -0.15) is 0 Å². The molecule has 1 fully saturated rings. The predicted molar refractivity (Wildman–Crippen MR) is 56.3 cm³/mol. The quantitative estimate of drug-likeness (QED) is 0.662. The van der Waals surface area contributed by atoms with Crippen molar-refractivity contribution in [3.05, 3.63) is 0 Å². The topological polar surface area (TPSA) is 29.3 Å². The first-order valence-corrected chi connectivity index (χ1v) is 5.21. The van der Waals surface area contributed by atoms with Crippen LogP contribution >= 0.6 is 0 Å². The standard InChI is InChI=1S/C11H20N2/c1-3-10(2)13-9-5-4-6-11(13)7-8-12/h1,10-11H,4-9,12H2,2H3. The van der Waals surface area contributed by atoms with E-state index in [9.17, 15) is 0 Å². The molecule has 1 rings (SSSR count). The van der Waals surface area contributed by atoms with E-state index in [1.54, 1.807) is 0 Å². The minimum absolute atomic E-state index is 0.275. The molecule has 0 radical (unpaired) electrons. The van der Waals surface area contributed by atoms with E-state index in [0.717, 1.165) is 19.5 Å². The maximum atomic E-state index is 5.58. The van der Waals surface area contributed by atoms with Crippen LogP contribution in [-0.4, -0.2) is 30.1 Å². The lowest BCUT2D eigenvalue weighted by atomic mass is 9.98. The summed E-state index contributed by atoms with van der Waals surface area (Å²) in [6.45, 7) is 4.03. The zero-order chi connectivity index (χ0) is 9.68. The van der Waals surface area contributed by atoms with E-state index >= 15 is 0 Å². The van der Waals surface area contributed by atoms with Crippen molar-refractivity contribution in [2.45, 2.75) is 44.7 Å². The molecule has 74 valence electrons. The number of hydrogen-bond donors (Lipinski definition) is 1. The Morgan fingerprint density at radius 3 is 3.00 bits per heavy atom. The minimum atomic E-state index is 0.275. The molecule has 2 N–H and O–H groups in total. The van der Waals surface area contributed by atoms with Crippen LogP contribution in [0.25, 0.3) is 0 Å². The fourth-order valence-corrected chi connectivity index (χ4v) is 2.13.